The number of carbonyl (C=O) groups is 1. The molecular weight excluding hydrogens is 198 g/mol. The maximum Gasteiger partial charge on any atom is 0.303 e. The van der Waals surface area contributed by atoms with Crippen molar-refractivity contribution in [3.05, 3.63) is 15.0 Å². The van der Waals surface area contributed by atoms with Crippen molar-refractivity contribution in [2.45, 2.75) is 19.8 Å². The third-order valence-corrected chi connectivity index (χ3v) is 2.78. The van der Waals surface area contributed by atoms with Crippen molar-refractivity contribution in [1.29, 1.82) is 0 Å². The van der Waals surface area contributed by atoms with Gasteiger partial charge in [-0.2, -0.15) is 0 Å². The zero-order valence-electron chi connectivity index (χ0n) is 6.50. The molecule has 0 aliphatic rings. The molecule has 0 saturated carbocycles. The fraction of sp³-hybridized carbons (Fsp3) is 0.429. The lowest BCUT2D eigenvalue weighted by Crippen LogP contribution is -1.96. The number of thiazole rings is 1. The van der Waals surface area contributed by atoms with Crippen LogP contribution >= 0.6 is 22.9 Å². The number of aliphatic carboxylic acids is 1. The lowest BCUT2D eigenvalue weighted by atomic mass is 10.3. The first-order valence-electron chi connectivity index (χ1n) is 3.43. The standard InChI is InChI=1S/C7H8ClNO2S/c1-4-9-7(8)5(12-4)2-3-6(10)11/h2-3H2,1H3,(H,10,11). The van der Waals surface area contributed by atoms with E-state index in [-0.39, 0.29) is 6.42 Å². The van der Waals surface area contributed by atoms with Gasteiger partial charge in [-0.25, -0.2) is 4.98 Å². The molecule has 0 aliphatic carbocycles. The van der Waals surface area contributed by atoms with Crippen molar-refractivity contribution in [2.75, 3.05) is 0 Å². The van der Waals surface area contributed by atoms with Gasteiger partial charge in [0.2, 0.25) is 0 Å². The zero-order chi connectivity index (χ0) is 9.14. The number of nitrogens with zero attached hydrogens (tertiary/aromatic N) is 1. The molecule has 0 aromatic carbocycles. The van der Waals surface area contributed by atoms with Gasteiger partial charge in [-0.15, -0.1) is 11.3 Å². The zero-order valence-corrected chi connectivity index (χ0v) is 8.08. The highest BCUT2D eigenvalue weighted by molar-refractivity contribution is 7.12. The second kappa shape index (κ2) is 3.87. The van der Waals surface area contributed by atoms with E-state index in [4.69, 9.17) is 16.7 Å². The number of aryl methyl sites for hydroxylation is 2. The third kappa shape index (κ3) is 2.46. The van der Waals surface area contributed by atoms with Crippen LogP contribution < -0.4 is 0 Å². The van der Waals surface area contributed by atoms with E-state index in [0.29, 0.717) is 11.6 Å². The fourth-order valence-electron chi connectivity index (χ4n) is 0.818. The van der Waals surface area contributed by atoms with Gasteiger partial charge in [0.05, 0.1) is 11.4 Å². The van der Waals surface area contributed by atoms with Crippen LogP contribution in [0.5, 0.6) is 0 Å². The Morgan fingerprint density at radius 2 is 2.42 bits per heavy atom. The normalized spacial score (nSPS) is 10.2. The largest absolute Gasteiger partial charge is 0.481 e. The Kier molecular flexibility index (Phi) is 3.05. The molecule has 1 aromatic heterocycles. The molecular formula is C7H8ClNO2S. The summed E-state index contributed by atoms with van der Waals surface area (Å²) in [6.07, 6.45) is 0.584. The average Bonchev–Trinajstić information content (AvgIpc) is 2.26. The number of carboxylic acid groups (broad SMARTS) is 1. The Labute approximate surface area is 79.0 Å². The molecule has 1 N–H and O–H groups in total. The topological polar surface area (TPSA) is 50.2 Å². The van der Waals surface area contributed by atoms with Crippen LogP contribution in [0.15, 0.2) is 0 Å². The fourth-order valence-corrected chi connectivity index (χ4v) is 2.03. The summed E-state index contributed by atoms with van der Waals surface area (Å²) < 4.78 is 0. The second-order valence-corrected chi connectivity index (χ2v) is 3.99. The summed E-state index contributed by atoms with van der Waals surface area (Å²) in [5.41, 5.74) is 0. The predicted octanol–water partition coefficient (Wildman–Crippen LogP) is 2.12. The van der Waals surface area contributed by atoms with E-state index in [0.717, 1.165) is 9.88 Å². The van der Waals surface area contributed by atoms with Crippen LogP contribution in [0.25, 0.3) is 0 Å². The van der Waals surface area contributed by atoms with Gasteiger partial charge in [0.1, 0.15) is 5.15 Å². The van der Waals surface area contributed by atoms with Crippen molar-refractivity contribution in [3.63, 3.8) is 0 Å². The van der Waals surface area contributed by atoms with Gasteiger partial charge in [-0.1, -0.05) is 11.6 Å². The van der Waals surface area contributed by atoms with Crippen molar-refractivity contribution in [2.24, 2.45) is 0 Å². The number of rotatable bonds is 3. The summed E-state index contributed by atoms with van der Waals surface area (Å²) in [5, 5.41) is 9.73. The molecule has 3 nitrogen and oxygen atoms in total. The Balaban J connectivity index is 2.62. The Morgan fingerprint density at radius 1 is 1.75 bits per heavy atom. The summed E-state index contributed by atoms with van der Waals surface area (Å²) in [7, 11) is 0. The van der Waals surface area contributed by atoms with E-state index in [2.05, 4.69) is 4.98 Å². The molecule has 0 spiro atoms. The van der Waals surface area contributed by atoms with Gasteiger partial charge in [0.25, 0.3) is 0 Å². The molecule has 66 valence electrons. The molecule has 1 aromatic rings. The Morgan fingerprint density at radius 3 is 2.83 bits per heavy atom. The monoisotopic (exact) mass is 205 g/mol. The molecule has 0 radical (unpaired) electrons. The molecule has 0 fully saturated rings. The predicted molar refractivity (Wildman–Crippen MR) is 47.8 cm³/mol. The Bertz CT molecular complexity index is 298. The highest BCUT2D eigenvalue weighted by Gasteiger charge is 2.07. The van der Waals surface area contributed by atoms with E-state index < -0.39 is 5.97 Å². The van der Waals surface area contributed by atoms with Crippen LogP contribution in [-0.2, 0) is 11.2 Å². The summed E-state index contributed by atoms with van der Waals surface area (Å²) in [6, 6.07) is 0. The molecule has 0 bridgehead atoms. The SMILES string of the molecule is Cc1nc(Cl)c(CCC(=O)O)s1. The highest BCUT2D eigenvalue weighted by atomic mass is 35.5. The van der Waals surface area contributed by atoms with Crippen molar-refractivity contribution < 1.29 is 9.90 Å². The first-order valence-corrected chi connectivity index (χ1v) is 4.62. The minimum Gasteiger partial charge on any atom is -0.481 e. The molecule has 5 heteroatoms. The first kappa shape index (κ1) is 9.48. The third-order valence-electron chi connectivity index (χ3n) is 1.32. The van der Waals surface area contributed by atoms with E-state index in [1.165, 1.54) is 11.3 Å². The molecule has 0 unspecified atom stereocenters. The van der Waals surface area contributed by atoms with Crippen LogP contribution in [-0.4, -0.2) is 16.1 Å². The number of halogens is 1. The number of carboxylic acids is 1. The molecule has 12 heavy (non-hydrogen) atoms. The summed E-state index contributed by atoms with van der Waals surface area (Å²) in [4.78, 5) is 15.1. The molecule has 0 saturated heterocycles. The first-order chi connectivity index (χ1) is 5.59. The average molecular weight is 206 g/mol. The van der Waals surface area contributed by atoms with Crippen molar-refractivity contribution >= 4 is 28.9 Å². The molecule has 0 aliphatic heterocycles. The Hall–Kier alpha value is -0.610. The minimum atomic E-state index is -0.808. The van der Waals surface area contributed by atoms with Crippen LogP contribution in [0.1, 0.15) is 16.3 Å². The van der Waals surface area contributed by atoms with E-state index in [9.17, 15) is 4.79 Å². The summed E-state index contributed by atoms with van der Waals surface area (Å²) in [5.74, 6) is -0.808. The second-order valence-electron chi connectivity index (χ2n) is 2.34. The van der Waals surface area contributed by atoms with Crippen LogP contribution in [0, 0.1) is 6.92 Å². The minimum absolute atomic E-state index is 0.112. The van der Waals surface area contributed by atoms with Gasteiger partial charge in [-0.3, -0.25) is 4.79 Å². The molecule has 0 atom stereocenters. The number of hydrogen-bond acceptors (Lipinski definition) is 3. The summed E-state index contributed by atoms with van der Waals surface area (Å²) in [6.45, 7) is 1.85. The summed E-state index contributed by atoms with van der Waals surface area (Å²) >= 11 is 7.18. The van der Waals surface area contributed by atoms with Crippen LogP contribution in [0.3, 0.4) is 0 Å². The van der Waals surface area contributed by atoms with Gasteiger partial charge < -0.3 is 5.11 Å². The van der Waals surface area contributed by atoms with Gasteiger partial charge in [0, 0.05) is 4.88 Å². The highest BCUT2D eigenvalue weighted by Crippen LogP contribution is 2.23. The maximum absolute atomic E-state index is 10.2. The van der Waals surface area contributed by atoms with Gasteiger partial charge in [-0.05, 0) is 13.3 Å². The molecule has 1 heterocycles. The smallest absolute Gasteiger partial charge is 0.303 e. The van der Waals surface area contributed by atoms with E-state index in [1.54, 1.807) is 0 Å². The lowest BCUT2D eigenvalue weighted by molar-refractivity contribution is -0.136. The van der Waals surface area contributed by atoms with Gasteiger partial charge in [0.15, 0.2) is 0 Å². The van der Waals surface area contributed by atoms with Crippen LogP contribution in [0.2, 0.25) is 5.15 Å². The molecule has 0 amide bonds. The van der Waals surface area contributed by atoms with Gasteiger partial charge >= 0.3 is 5.97 Å². The maximum atomic E-state index is 10.2. The number of aromatic nitrogens is 1. The van der Waals surface area contributed by atoms with Crippen molar-refractivity contribution in [3.8, 4) is 0 Å². The number of hydrogen-bond donors (Lipinski definition) is 1. The molecule has 1 rings (SSSR count). The quantitative estimate of drug-likeness (QED) is 0.823. The van der Waals surface area contributed by atoms with E-state index in [1.807, 2.05) is 6.92 Å². The van der Waals surface area contributed by atoms with Crippen LogP contribution in [0.4, 0.5) is 0 Å². The van der Waals surface area contributed by atoms with Crippen molar-refractivity contribution in [1.82, 2.24) is 4.98 Å². The van der Waals surface area contributed by atoms with E-state index >= 15 is 0 Å². The lowest BCUT2D eigenvalue weighted by Gasteiger charge is -1.91.